The summed E-state index contributed by atoms with van der Waals surface area (Å²) in [5.41, 5.74) is -0.438. The second kappa shape index (κ2) is 5.32. The summed E-state index contributed by atoms with van der Waals surface area (Å²) in [4.78, 5) is 13.7. The number of sulfonamides is 1. The number of nitro groups is 1. The largest absolute Gasteiger partial charge is 0.300 e. The number of aromatic nitrogens is 1. The standard InChI is InChI=1S/C7H3BrClN3O4S3/c8-4-2-10-7(17-4)11-19(15,16)5-1-3(12(13)14)6(9)18-5/h1-2H,(H,10,11). The van der Waals surface area contributed by atoms with E-state index >= 15 is 0 Å². The van der Waals surface area contributed by atoms with Crippen LogP contribution in [0, 0.1) is 10.1 Å². The molecular weight excluding hydrogens is 402 g/mol. The SMILES string of the molecule is O=[N+]([O-])c1cc(S(=O)(=O)Nc2ncc(Br)s2)sc1Cl. The Labute approximate surface area is 128 Å². The van der Waals surface area contributed by atoms with E-state index in [9.17, 15) is 18.5 Å². The summed E-state index contributed by atoms with van der Waals surface area (Å²) in [6, 6.07) is 0.915. The van der Waals surface area contributed by atoms with E-state index in [0.29, 0.717) is 15.1 Å². The van der Waals surface area contributed by atoms with Crippen molar-refractivity contribution < 1.29 is 13.3 Å². The molecule has 0 radical (unpaired) electrons. The Morgan fingerprint density at radius 2 is 2.16 bits per heavy atom. The minimum absolute atomic E-state index is 0.152. The van der Waals surface area contributed by atoms with Gasteiger partial charge in [0.15, 0.2) is 9.47 Å². The zero-order chi connectivity index (χ0) is 14.2. The first-order valence-electron chi connectivity index (χ1n) is 4.37. The van der Waals surface area contributed by atoms with Gasteiger partial charge in [0.2, 0.25) is 0 Å². The van der Waals surface area contributed by atoms with Gasteiger partial charge in [-0.05, 0) is 15.9 Å². The van der Waals surface area contributed by atoms with Crippen LogP contribution in [-0.2, 0) is 10.0 Å². The van der Waals surface area contributed by atoms with E-state index in [0.717, 1.165) is 17.4 Å². The molecule has 0 atom stereocenters. The highest BCUT2D eigenvalue weighted by Crippen LogP contribution is 2.37. The van der Waals surface area contributed by atoms with Crippen molar-refractivity contribution in [3.8, 4) is 0 Å². The number of hydrogen-bond donors (Lipinski definition) is 1. The highest BCUT2D eigenvalue weighted by Gasteiger charge is 2.25. The maximum atomic E-state index is 12.0. The van der Waals surface area contributed by atoms with Gasteiger partial charge < -0.3 is 0 Å². The van der Waals surface area contributed by atoms with Gasteiger partial charge in [0.05, 0.1) is 14.9 Å². The lowest BCUT2D eigenvalue weighted by Crippen LogP contribution is -2.11. The highest BCUT2D eigenvalue weighted by atomic mass is 79.9. The smallest absolute Gasteiger partial charge is 0.258 e. The first-order valence-corrected chi connectivity index (χ1v) is 8.66. The fraction of sp³-hybridized carbons (Fsp3) is 0. The van der Waals surface area contributed by atoms with Crippen LogP contribution in [-0.4, -0.2) is 18.3 Å². The summed E-state index contributed by atoms with van der Waals surface area (Å²) in [6.45, 7) is 0. The van der Waals surface area contributed by atoms with Gasteiger partial charge >= 0.3 is 0 Å². The molecule has 2 heterocycles. The Morgan fingerprint density at radius 3 is 2.63 bits per heavy atom. The molecule has 0 spiro atoms. The monoisotopic (exact) mass is 403 g/mol. The number of nitrogens with one attached hydrogen (secondary N) is 1. The normalized spacial score (nSPS) is 11.5. The summed E-state index contributed by atoms with van der Waals surface area (Å²) in [5.74, 6) is 0. The third kappa shape index (κ3) is 3.23. The summed E-state index contributed by atoms with van der Waals surface area (Å²) < 4.78 is 26.4. The molecule has 0 saturated heterocycles. The molecule has 1 N–H and O–H groups in total. The Morgan fingerprint density at radius 1 is 1.47 bits per heavy atom. The molecular formula is C7H3BrClN3O4S3. The second-order valence-electron chi connectivity index (χ2n) is 3.06. The molecule has 102 valence electrons. The number of hydrogen-bond acceptors (Lipinski definition) is 7. The van der Waals surface area contributed by atoms with Crippen LogP contribution < -0.4 is 4.72 Å². The molecule has 0 aromatic carbocycles. The van der Waals surface area contributed by atoms with E-state index in [1.54, 1.807) is 0 Å². The lowest BCUT2D eigenvalue weighted by molar-refractivity contribution is -0.384. The van der Waals surface area contributed by atoms with E-state index in [1.807, 2.05) is 0 Å². The van der Waals surface area contributed by atoms with Gasteiger partial charge in [0, 0.05) is 6.07 Å². The first kappa shape index (κ1) is 14.7. The molecule has 19 heavy (non-hydrogen) atoms. The molecule has 0 aliphatic rings. The Bertz CT molecular complexity index is 741. The molecule has 0 fully saturated rings. The fourth-order valence-electron chi connectivity index (χ4n) is 1.06. The van der Waals surface area contributed by atoms with Crippen LogP contribution >= 0.6 is 50.2 Å². The van der Waals surface area contributed by atoms with Crippen LogP contribution in [0.2, 0.25) is 4.34 Å². The molecule has 0 bridgehead atoms. The number of thiophene rings is 1. The zero-order valence-corrected chi connectivity index (χ0v) is 13.5. The van der Waals surface area contributed by atoms with E-state index < -0.39 is 20.6 Å². The van der Waals surface area contributed by atoms with Crippen LogP contribution in [0.1, 0.15) is 0 Å². The maximum Gasteiger partial charge on any atom is 0.300 e. The van der Waals surface area contributed by atoms with Crippen LogP contribution in [0.3, 0.4) is 0 Å². The predicted octanol–water partition coefficient (Wildman–Crippen LogP) is 3.33. The number of thiazole rings is 1. The molecule has 0 unspecified atom stereocenters. The van der Waals surface area contributed by atoms with Crippen molar-refractivity contribution in [3.05, 3.63) is 30.5 Å². The van der Waals surface area contributed by atoms with E-state index in [2.05, 4.69) is 25.6 Å². The average Bonchev–Trinajstić information content (AvgIpc) is 2.84. The minimum Gasteiger partial charge on any atom is -0.258 e. The lowest BCUT2D eigenvalue weighted by Gasteiger charge is -2.00. The molecule has 7 nitrogen and oxygen atoms in total. The van der Waals surface area contributed by atoms with Crippen molar-refractivity contribution in [1.29, 1.82) is 0 Å². The van der Waals surface area contributed by atoms with Crippen molar-refractivity contribution in [3.63, 3.8) is 0 Å². The summed E-state index contributed by atoms with van der Waals surface area (Å²) in [5, 5.41) is 10.8. The third-order valence-corrected chi connectivity index (χ3v) is 6.48. The van der Waals surface area contributed by atoms with Gasteiger partial charge in [-0.15, -0.1) is 11.3 Å². The number of nitrogens with zero attached hydrogens (tertiary/aromatic N) is 2. The fourth-order valence-corrected chi connectivity index (χ4v) is 5.08. The van der Waals surface area contributed by atoms with Gasteiger partial charge in [-0.25, -0.2) is 13.4 Å². The number of rotatable bonds is 4. The van der Waals surface area contributed by atoms with Gasteiger partial charge in [-0.1, -0.05) is 22.9 Å². The van der Waals surface area contributed by atoms with E-state index in [-0.39, 0.29) is 13.7 Å². The molecule has 12 heteroatoms. The van der Waals surface area contributed by atoms with Crippen LogP contribution in [0.25, 0.3) is 0 Å². The minimum atomic E-state index is -3.93. The molecule has 0 amide bonds. The molecule has 0 aliphatic heterocycles. The average molecular weight is 405 g/mol. The maximum absolute atomic E-state index is 12.0. The van der Waals surface area contributed by atoms with Crippen molar-refractivity contribution in [1.82, 2.24) is 4.98 Å². The predicted molar refractivity (Wildman–Crippen MR) is 76.6 cm³/mol. The van der Waals surface area contributed by atoms with Crippen LogP contribution in [0.4, 0.5) is 10.8 Å². The van der Waals surface area contributed by atoms with Gasteiger partial charge in [-0.2, -0.15) is 0 Å². The number of anilines is 1. The molecule has 2 aromatic rings. The quantitative estimate of drug-likeness (QED) is 0.622. The van der Waals surface area contributed by atoms with E-state index in [4.69, 9.17) is 11.6 Å². The lowest BCUT2D eigenvalue weighted by atomic mass is 10.6. The van der Waals surface area contributed by atoms with Crippen molar-refractivity contribution in [2.75, 3.05) is 4.72 Å². The van der Waals surface area contributed by atoms with Crippen molar-refractivity contribution in [2.24, 2.45) is 0 Å². The van der Waals surface area contributed by atoms with Crippen molar-refractivity contribution in [2.45, 2.75) is 4.21 Å². The molecule has 0 saturated carbocycles. The van der Waals surface area contributed by atoms with Gasteiger partial charge in [-0.3, -0.25) is 14.8 Å². The first-order chi connectivity index (χ1) is 8.79. The number of halogens is 2. The molecule has 2 aromatic heterocycles. The second-order valence-corrected chi connectivity index (χ2v) is 9.03. The topological polar surface area (TPSA) is 102 Å². The van der Waals surface area contributed by atoms with Gasteiger partial charge in [0.1, 0.15) is 4.21 Å². The zero-order valence-electron chi connectivity index (χ0n) is 8.66. The van der Waals surface area contributed by atoms with Crippen LogP contribution in [0.5, 0.6) is 0 Å². The van der Waals surface area contributed by atoms with Gasteiger partial charge in [0.25, 0.3) is 15.7 Å². The Hall–Kier alpha value is -0.750. The van der Waals surface area contributed by atoms with Crippen LogP contribution in [0.15, 0.2) is 20.3 Å². The Kier molecular flexibility index (Phi) is 4.11. The van der Waals surface area contributed by atoms with E-state index in [1.165, 1.54) is 6.20 Å². The Balaban J connectivity index is 2.34. The van der Waals surface area contributed by atoms with Crippen molar-refractivity contribution >= 4 is 71.0 Å². The third-order valence-electron chi connectivity index (χ3n) is 1.81. The molecule has 2 rings (SSSR count). The summed E-state index contributed by atoms with van der Waals surface area (Å²) in [7, 11) is -3.93. The highest BCUT2D eigenvalue weighted by molar-refractivity contribution is 9.11. The summed E-state index contributed by atoms with van der Waals surface area (Å²) in [6.07, 6.45) is 1.44. The summed E-state index contributed by atoms with van der Waals surface area (Å²) >= 11 is 10.5. The molecule has 0 aliphatic carbocycles.